The molecule has 1 aliphatic carbocycles. The highest BCUT2D eigenvalue weighted by atomic mass is 16.6. The van der Waals surface area contributed by atoms with E-state index in [1.54, 1.807) is 0 Å². The number of nitro groups is 1. The van der Waals surface area contributed by atoms with Crippen LogP contribution in [0, 0.1) is 10.1 Å². The number of nitrogens with zero attached hydrogens (tertiary/aromatic N) is 1. The summed E-state index contributed by atoms with van der Waals surface area (Å²) < 4.78 is 11.4. The molecule has 6 nitrogen and oxygen atoms in total. The van der Waals surface area contributed by atoms with Crippen LogP contribution >= 0.6 is 0 Å². The van der Waals surface area contributed by atoms with Crippen molar-refractivity contribution in [1.29, 1.82) is 0 Å². The molecule has 0 saturated heterocycles. The van der Waals surface area contributed by atoms with Gasteiger partial charge < -0.3 is 9.15 Å². The van der Waals surface area contributed by atoms with Crippen LogP contribution in [0.5, 0.6) is 0 Å². The molecule has 4 rings (SSSR count). The molecule has 1 unspecified atom stereocenters. The molecule has 23 heavy (non-hydrogen) atoms. The van der Waals surface area contributed by atoms with Gasteiger partial charge in [0.2, 0.25) is 0 Å². The number of hydrogen-bond donors (Lipinski definition) is 0. The number of rotatable bonds is 2. The average Bonchev–Trinajstić information content (AvgIpc) is 2.89. The molecular formula is C17H11NO5. The fraction of sp³-hybridized carbons (Fsp3) is 0.118. The van der Waals surface area contributed by atoms with Gasteiger partial charge in [-0.2, -0.15) is 0 Å². The van der Waals surface area contributed by atoms with E-state index >= 15 is 0 Å². The predicted octanol–water partition coefficient (Wildman–Crippen LogP) is 3.42. The van der Waals surface area contributed by atoms with Gasteiger partial charge in [-0.05, 0) is 11.6 Å². The third-order valence-electron chi connectivity index (χ3n) is 4.11. The highest BCUT2D eigenvalue weighted by Crippen LogP contribution is 2.44. The first kappa shape index (κ1) is 13.7. The topological polar surface area (TPSA) is 82.6 Å². The van der Waals surface area contributed by atoms with E-state index in [0.717, 1.165) is 11.1 Å². The smallest absolute Gasteiger partial charge is 0.270 e. The Kier molecular flexibility index (Phi) is 2.82. The molecule has 0 radical (unpaired) electrons. The monoisotopic (exact) mass is 309 g/mol. The van der Waals surface area contributed by atoms with Crippen LogP contribution in [0.2, 0.25) is 0 Å². The summed E-state index contributed by atoms with van der Waals surface area (Å²) in [6.07, 6.45) is -0.527. The zero-order valence-electron chi connectivity index (χ0n) is 12.1. The van der Waals surface area contributed by atoms with Crippen LogP contribution in [0.15, 0.2) is 51.7 Å². The Morgan fingerprint density at radius 3 is 2.74 bits per heavy atom. The largest absolute Gasteiger partial charge is 0.455 e. The molecule has 1 aromatic heterocycles. The van der Waals surface area contributed by atoms with E-state index in [9.17, 15) is 14.9 Å². The molecule has 1 aliphatic rings. The van der Waals surface area contributed by atoms with Crippen molar-refractivity contribution in [3.8, 4) is 11.3 Å². The second-order valence-electron chi connectivity index (χ2n) is 5.31. The number of nitro benzene ring substituents is 1. The molecule has 0 amide bonds. The molecule has 0 spiro atoms. The minimum Gasteiger partial charge on any atom is -0.455 e. The molecule has 0 bridgehead atoms. The number of benzene rings is 2. The van der Waals surface area contributed by atoms with Crippen LogP contribution in [0.4, 0.5) is 5.69 Å². The maximum atomic E-state index is 12.9. The second-order valence-corrected chi connectivity index (χ2v) is 5.31. The minimum atomic E-state index is -0.533. The molecule has 0 aliphatic heterocycles. The maximum Gasteiger partial charge on any atom is 0.270 e. The van der Waals surface area contributed by atoms with Crippen molar-refractivity contribution < 1.29 is 14.1 Å². The Morgan fingerprint density at radius 2 is 2.00 bits per heavy atom. The van der Waals surface area contributed by atoms with E-state index in [4.69, 9.17) is 9.15 Å². The van der Waals surface area contributed by atoms with Gasteiger partial charge in [-0.3, -0.25) is 14.9 Å². The third-order valence-corrected chi connectivity index (χ3v) is 4.11. The summed E-state index contributed by atoms with van der Waals surface area (Å²) in [6.45, 7) is 0. The van der Waals surface area contributed by atoms with Crippen molar-refractivity contribution in [3.05, 3.63) is 73.9 Å². The Balaban J connectivity index is 2.09. The summed E-state index contributed by atoms with van der Waals surface area (Å²) in [5.74, 6) is 0.471. The van der Waals surface area contributed by atoms with Gasteiger partial charge in [0.25, 0.3) is 5.69 Å². The Hall–Kier alpha value is -2.99. The molecule has 1 atom stereocenters. The first-order valence-corrected chi connectivity index (χ1v) is 6.99. The second kappa shape index (κ2) is 4.76. The van der Waals surface area contributed by atoms with Gasteiger partial charge in [0.05, 0.1) is 15.9 Å². The Morgan fingerprint density at radius 1 is 1.22 bits per heavy atom. The number of hydrogen-bond acceptors (Lipinski definition) is 5. The fourth-order valence-electron chi connectivity index (χ4n) is 3.08. The van der Waals surface area contributed by atoms with Gasteiger partial charge in [-0.15, -0.1) is 0 Å². The van der Waals surface area contributed by atoms with Crippen LogP contribution in [-0.4, -0.2) is 12.0 Å². The van der Waals surface area contributed by atoms with Crippen molar-refractivity contribution in [2.75, 3.05) is 7.11 Å². The average molecular weight is 309 g/mol. The highest BCUT2D eigenvalue weighted by Gasteiger charge is 2.34. The first-order valence-electron chi connectivity index (χ1n) is 6.99. The van der Waals surface area contributed by atoms with Crippen molar-refractivity contribution in [1.82, 2.24) is 0 Å². The van der Waals surface area contributed by atoms with Crippen LogP contribution < -0.4 is 5.43 Å². The van der Waals surface area contributed by atoms with Crippen LogP contribution in [0.3, 0.4) is 0 Å². The number of ether oxygens (including phenoxy) is 1. The maximum absolute atomic E-state index is 12.9. The molecule has 0 fully saturated rings. The zero-order valence-corrected chi connectivity index (χ0v) is 12.1. The van der Waals surface area contributed by atoms with Crippen molar-refractivity contribution >= 4 is 16.7 Å². The minimum absolute atomic E-state index is 0.144. The van der Waals surface area contributed by atoms with Gasteiger partial charge in [-0.1, -0.05) is 24.3 Å². The van der Waals surface area contributed by atoms with Crippen LogP contribution in [0.25, 0.3) is 22.3 Å². The van der Waals surface area contributed by atoms with Crippen molar-refractivity contribution in [2.24, 2.45) is 0 Å². The lowest BCUT2D eigenvalue weighted by molar-refractivity contribution is -0.384. The Labute approximate surface area is 130 Å². The van der Waals surface area contributed by atoms with E-state index in [0.29, 0.717) is 16.9 Å². The summed E-state index contributed by atoms with van der Waals surface area (Å²) in [5.41, 5.74) is 1.94. The van der Waals surface area contributed by atoms with Gasteiger partial charge in [0.1, 0.15) is 17.4 Å². The first-order chi connectivity index (χ1) is 11.1. The van der Waals surface area contributed by atoms with Gasteiger partial charge in [0.15, 0.2) is 5.43 Å². The van der Waals surface area contributed by atoms with Crippen molar-refractivity contribution in [2.45, 2.75) is 6.10 Å². The summed E-state index contributed by atoms with van der Waals surface area (Å²) in [4.78, 5) is 23.3. The lowest BCUT2D eigenvalue weighted by Gasteiger charge is -2.10. The summed E-state index contributed by atoms with van der Waals surface area (Å²) in [5, 5.41) is 11.1. The van der Waals surface area contributed by atoms with E-state index in [1.165, 1.54) is 25.3 Å². The lowest BCUT2D eigenvalue weighted by Crippen LogP contribution is -2.13. The molecule has 0 N–H and O–H groups in total. The van der Waals surface area contributed by atoms with Gasteiger partial charge in [0, 0.05) is 24.8 Å². The third kappa shape index (κ3) is 1.82. The molecular weight excluding hydrogens is 298 g/mol. The van der Waals surface area contributed by atoms with Gasteiger partial charge in [-0.25, -0.2) is 0 Å². The molecule has 114 valence electrons. The van der Waals surface area contributed by atoms with E-state index in [1.807, 2.05) is 24.3 Å². The summed E-state index contributed by atoms with van der Waals surface area (Å²) >= 11 is 0. The van der Waals surface area contributed by atoms with Gasteiger partial charge >= 0.3 is 0 Å². The molecule has 1 heterocycles. The zero-order chi connectivity index (χ0) is 16.1. The standard InChI is InChI=1S/C17H11NO5/c1-22-16-10-4-2-3-5-11(10)17-14(16)15(19)12-8-9(18(20)21)6-7-13(12)23-17/h2-8,16H,1H3. The SMILES string of the molecule is COC1c2ccccc2-c2oc3ccc([N+](=O)[O-])cc3c(=O)c21. The number of methoxy groups -OCH3 is 1. The highest BCUT2D eigenvalue weighted by molar-refractivity contribution is 5.85. The number of non-ortho nitro benzene ring substituents is 1. The predicted molar refractivity (Wildman–Crippen MR) is 83.4 cm³/mol. The quantitative estimate of drug-likeness (QED) is 0.535. The van der Waals surface area contributed by atoms with Crippen LogP contribution in [-0.2, 0) is 4.74 Å². The summed E-state index contributed by atoms with van der Waals surface area (Å²) in [7, 11) is 1.52. The normalized spacial score (nSPS) is 15.4. The van der Waals surface area contributed by atoms with Crippen LogP contribution in [0.1, 0.15) is 17.2 Å². The summed E-state index contributed by atoms with van der Waals surface area (Å²) in [6, 6.07) is 11.5. The number of fused-ring (bicyclic) bond motifs is 4. The van der Waals surface area contributed by atoms with Crippen molar-refractivity contribution in [3.63, 3.8) is 0 Å². The molecule has 6 heteroatoms. The van der Waals surface area contributed by atoms with E-state index in [-0.39, 0.29) is 16.5 Å². The van der Waals surface area contributed by atoms with E-state index in [2.05, 4.69) is 0 Å². The Bertz CT molecular complexity index is 1020. The van der Waals surface area contributed by atoms with E-state index < -0.39 is 11.0 Å². The molecule has 0 saturated carbocycles. The lowest BCUT2D eigenvalue weighted by atomic mass is 10.1. The molecule has 3 aromatic rings. The molecule has 2 aromatic carbocycles. The fourth-order valence-corrected chi connectivity index (χ4v) is 3.08.